The van der Waals surface area contributed by atoms with Crippen LogP contribution in [0.5, 0.6) is 0 Å². The number of nitrogens with one attached hydrogen (secondary N) is 1. The Bertz CT molecular complexity index is 1450. The van der Waals surface area contributed by atoms with Gasteiger partial charge in [0, 0.05) is 30.6 Å². The van der Waals surface area contributed by atoms with E-state index in [1.807, 2.05) is 60.7 Å². The van der Waals surface area contributed by atoms with E-state index in [0.29, 0.717) is 50.2 Å². The van der Waals surface area contributed by atoms with Gasteiger partial charge in [-0.15, -0.1) is 0 Å². The summed E-state index contributed by atoms with van der Waals surface area (Å²) >= 11 is 0. The third-order valence-corrected chi connectivity index (χ3v) is 8.78. The van der Waals surface area contributed by atoms with Gasteiger partial charge in [-0.25, -0.2) is 0 Å². The van der Waals surface area contributed by atoms with Crippen molar-refractivity contribution in [1.82, 2.24) is 10.2 Å². The Morgan fingerprint density at radius 2 is 1.50 bits per heavy atom. The van der Waals surface area contributed by atoms with Gasteiger partial charge in [0.05, 0.1) is 29.4 Å². The average Bonchev–Trinajstić information content (AvgIpc) is 3.41. The fraction of sp³-hybridized carbons (Fsp3) is 0.382. The number of carbonyl (C=O) groups is 1. The van der Waals surface area contributed by atoms with Crippen molar-refractivity contribution in [2.75, 3.05) is 13.2 Å². The lowest BCUT2D eigenvalue weighted by Gasteiger charge is -2.59. The molecule has 5 rings (SSSR count). The Morgan fingerprint density at radius 3 is 2.02 bits per heavy atom. The number of alkyl halides is 6. The lowest BCUT2D eigenvalue weighted by molar-refractivity contribution is -0.143. The van der Waals surface area contributed by atoms with Crippen LogP contribution in [-0.4, -0.2) is 29.5 Å². The number of likely N-dealkylation sites (tertiary alicyclic amines) is 1. The van der Waals surface area contributed by atoms with Gasteiger partial charge in [-0.05, 0) is 61.1 Å². The van der Waals surface area contributed by atoms with Crippen molar-refractivity contribution in [3.63, 3.8) is 0 Å². The third-order valence-electron chi connectivity index (χ3n) is 8.78. The van der Waals surface area contributed by atoms with Crippen LogP contribution in [0.15, 0.2) is 91.1 Å². The van der Waals surface area contributed by atoms with Crippen LogP contribution in [0, 0.1) is 0 Å². The molecule has 1 aliphatic heterocycles. The van der Waals surface area contributed by atoms with Gasteiger partial charge in [-0.2, -0.15) is 26.3 Å². The number of rotatable bonds is 10. The maximum Gasteiger partial charge on any atom is 0.416 e. The molecule has 234 valence electrons. The molecule has 3 aromatic carbocycles. The average molecular weight is 617 g/mol. The number of nitrogens with zero attached hydrogens (tertiary/aromatic N) is 1. The Hall–Kier alpha value is -3.63. The summed E-state index contributed by atoms with van der Waals surface area (Å²) in [5, 5.41) is 3.64. The van der Waals surface area contributed by atoms with Crippen molar-refractivity contribution in [2.45, 2.75) is 68.6 Å². The predicted molar refractivity (Wildman–Crippen MR) is 154 cm³/mol. The molecule has 0 bridgehead atoms. The van der Waals surface area contributed by atoms with Gasteiger partial charge >= 0.3 is 12.4 Å². The molecule has 1 saturated heterocycles. The number of halogens is 6. The molecule has 0 aromatic heterocycles. The van der Waals surface area contributed by atoms with Crippen LogP contribution in [0.25, 0.3) is 0 Å². The molecule has 0 spiro atoms. The molecular weight excluding hydrogens is 582 g/mol. The van der Waals surface area contributed by atoms with E-state index in [1.54, 1.807) is 4.90 Å². The van der Waals surface area contributed by atoms with Crippen LogP contribution in [0.2, 0.25) is 0 Å². The first-order valence-electron chi connectivity index (χ1n) is 14.5. The third kappa shape index (κ3) is 6.56. The second-order valence-electron chi connectivity index (χ2n) is 11.8. The minimum atomic E-state index is -4.95. The maximum atomic E-state index is 13.5. The zero-order chi connectivity index (χ0) is 31.8. The molecule has 2 aliphatic rings. The van der Waals surface area contributed by atoms with Crippen molar-refractivity contribution in [2.24, 2.45) is 0 Å². The van der Waals surface area contributed by atoms with E-state index in [1.165, 1.54) is 6.92 Å². The number of hydrogen-bond acceptors (Lipinski definition) is 3. The van der Waals surface area contributed by atoms with Gasteiger partial charge in [-0.1, -0.05) is 67.2 Å². The summed E-state index contributed by atoms with van der Waals surface area (Å²) in [5.41, 5.74) is -1.68. The Kier molecular flexibility index (Phi) is 8.70. The topological polar surface area (TPSA) is 41.6 Å². The van der Waals surface area contributed by atoms with Gasteiger partial charge in [0.1, 0.15) is 0 Å². The zero-order valence-electron chi connectivity index (χ0n) is 24.3. The highest BCUT2D eigenvalue weighted by atomic mass is 19.4. The largest absolute Gasteiger partial charge is 0.416 e. The Labute approximate surface area is 252 Å². The van der Waals surface area contributed by atoms with Crippen LogP contribution >= 0.6 is 0 Å². The molecule has 3 aromatic rings. The van der Waals surface area contributed by atoms with Crippen molar-refractivity contribution >= 4 is 5.91 Å². The van der Waals surface area contributed by atoms with Crippen LogP contribution in [0.3, 0.4) is 0 Å². The summed E-state index contributed by atoms with van der Waals surface area (Å²) in [6.07, 6.45) is -8.87. The van der Waals surface area contributed by atoms with E-state index in [2.05, 4.69) is 11.9 Å². The second kappa shape index (κ2) is 12.0. The van der Waals surface area contributed by atoms with E-state index in [9.17, 15) is 31.1 Å². The van der Waals surface area contributed by atoms with Crippen molar-refractivity contribution in [3.8, 4) is 0 Å². The van der Waals surface area contributed by atoms with Crippen LogP contribution in [0.4, 0.5) is 26.3 Å². The fourth-order valence-corrected chi connectivity index (χ4v) is 6.37. The minimum Gasteiger partial charge on any atom is -0.373 e. The molecule has 10 heteroatoms. The monoisotopic (exact) mass is 616 g/mol. The van der Waals surface area contributed by atoms with Crippen LogP contribution in [-0.2, 0) is 33.8 Å². The lowest BCUT2D eigenvalue weighted by atomic mass is 9.53. The number of benzene rings is 3. The Morgan fingerprint density at radius 1 is 0.932 bits per heavy atom. The molecule has 44 heavy (non-hydrogen) atoms. The quantitative estimate of drug-likeness (QED) is 0.234. The molecule has 1 aliphatic carbocycles. The SMILES string of the molecule is C=C(N1CCCC1=O)C1(NCc2ccccc2)CC(CO[C@H](C)c2cc(C(F)(F)F)cc(C(F)(F)F)c2)(c2ccccc2)C1. The summed E-state index contributed by atoms with van der Waals surface area (Å²) in [6.45, 7) is 6.91. The van der Waals surface area contributed by atoms with Gasteiger partial charge in [-0.3, -0.25) is 4.79 Å². The first kappa shape index (κ1) is 31.8. The molecule has 1 heterocycles. The Balaban J connectivity index is 1.44. The van der Waals surface area contributed by atoms with E-state index in [0.717, 1.165) is 17.5 Å². The second-order valence-corrected chi connectivity index (χ2v) is 11.8. The highest BCUT2D eigenvalue weighted by Gasteiger charge is 2.58. The highest BCUT2D eigenvalue weighted by molar-refractivity contribution is 5.80. The highest BCUT2D eigenvalue weighted by Crippen LogP contribution is 2.55. The normalized spacial score (nSPS) is 23.0. The van der Waals surface area contributed by atoms with Gasteiger partial charge in [0.2, 0.25) is 5.91 Å². The molecule has 1 saturated carbocycles. The first-order chi connectivity index (χ1) is 20.7. The molecule has 0 unspecified atom stereocenters. The van der Waals surface area contributed by atoms with Crippen LogP contribution in [0.1, 0.15) is 66.5 Å². The van der Waals surface area contributed by atoms with E-state index >= 15 is 0 Å². The summed E-state index contributed by atoms with van der Waals surface area (Å²) in [4.78, 5) is 14.4. The number of amides is 1. The molecular formula is C34H34F6N2O2. The van der Waals surface area contributed by atoms with Crippen LogP contribution < -0.4 is 5.32 Å². The summed E-state index contributed by atoms with van der Waals surface area (Å²) in [7, 11) is 0. The van der Waals surface area contributed by atoms with Gasteiger partial charge in [0.25, 0.3) is 0 Å². The molecule has 2 fully saturated rings. The molecule has 4 nitrogen and oxygen atoms in total. The molecule has 1 atom stereocenters. The standard InChI is InChI=1S/C34H34F6N2O2/c1-23(26-16-28(33(35,36)37)18-29(17-26)34(38,39)40)44-22-31(27-12-7-4-8-13-27)20-32(21-31,24(2)42-15-9-14-30(42)43)41-19-25-10-5-3-6-11-25/h3-8,10-13,16-18,23,41H,2,9,14-15,19-22H2,1H3/t23-,31?,32?/m1/s1. The predicted octanol–water partition coefficient (Wildman–Crippen LogP) is 8.20. The van der Waals surface area contributed by atoms with E-state index in [4.69, 9.17) is 4.74 Å². The van der Waals surface area contributed by atoms with Crippen molar-refractivity contribution < 1.29 is 35.9 Å². The minimum absolute atomic E-state index is 0.00276. The molecule has 1 N–H and O–H groups in total. The first-order valence-corrected chi connectivity index (χ1v) is 14.5. The smallest absolute Gasteiger partial charge is 0.373 e. The van der Waals surface area contributed by atoms with Crippen molar-refractivity contribution in [3.05, 3.63) is 119 Å². The van der Waals surface area contributed by atoms with Gasteiger partial charge in [0.15, 0.2) is 0 Å². The summed E-state index contributed by atoms with van der Waals surface area (Å²) in [6, 6.07) is 20.8. The van der Waals surface area contributed by atoms with E-state index in [-0.39, 0.29) is 24.1 Å². The lowest BCUT2D eigenvalue weighted by Crippen LogP contribution is -2.66. The number of carbonyl (C=O) groups excluding carboxylic acids is 1. The molecule has 1 amide bonds. The molecule has 0 radical (unpaired) electrons. The maximum absolute atomic E-state index is 13.5. The van der Waals surface area contributed by atoms with Gasteiger partial charge < -0.3 is 15.0 Å². The van der Waals surface area contributed by atoms with Crippen molar-refractivity contribution in [1.29, 1.82) is 0 Å². The zero-order valence-corrected chi connectivity index (χ0v) is 24.3. The number of ether oxygens (including phenoxy) is 1. The van der Waals surface area contributed by atoms with E-state index < -0.39 is 40.5 Å². The summed E-state index contributed by atoms with van der Waals surface area (Å²) in [5.74, 6) is 0.00276. The number of hydrogen-bond donors (Lipinski definition) is 1. The summed E-state index contributed by atoms with van der Waals surface area (Å²) < 4.78 is 87.3. The fourth-order valence-electron chi connectivity index (χ4n) is 6.37.